The van der Waals surface area contributed by atoms with Gasteiger partial charge in [-0.2, -0.15) is 0 Å². The smallest absolute Gasteiger partial charge is 0.347 e. The van der Waals surface area contributed by atoms with Crippen molar-refractivity contribution in [1.82, 2.24) is 0 Å². The Hall–Kier alpha value is -3.60. The Morgan fingerprint density at radius 1 is 0.953 bits per heavy atom. The molecule has 0 spiro atoms. The van der Waals surface area contributed by atoms with Crippen molar-refractivity contribution in [2.45, 2.75) is 83.2 Å². The van der Waals surface area contributed by atoms with Crippen LogP contribution in [0.1, 0.15) is 87.6 Å². The van der Waals surface area contributed by atoms with E-state index in [9.17, 15) is 9.59 Å². The van der Waals surface area contributed by atoms with Crippen LogP contribution in [0.15, 0.2) is 67.3 Å². The molecule has 5 heteroatoms. The summed E-state index contributed by atoms with van der Waals surface area (Å²) in [6, 6.07) is 18.5. The van der Waals surface area contributed by atoms with Gasteiger partial charge < -0.3 is 14.2 Å². The molecule has 4 saturated carbocycles. The van der Waals surface area contributed by atoms with Crippen LogP contribution in [-0.4, -0.2) is 31.3 Å². The van der Waals surface area contributed by atoms with Crippen molar-refractivity contribution < 1.29 is 23.8 Å². The molecule has 4 bridgehead atoms. The molecule has 0 N–H and O–H groups in total. The van der Waals surface area contributed by atoms with Gasteiger partial charge in [0.2, 0.25) is 0 Å². The van der Waals surface area contributed by atoms with E-state index in [1.165, 1.54) is 49.5 Å². The van der Waals surface area contributed by atoms with E-state index in [2.05, 4.69) is 43.8 Å². The van der Waals surface area contributed by atoms with Crippen molar-refractivity contribution in [3.05, 3.63) is 78.4 Å². The first kappa shape index (κ1) is 29.5. The molecule has 3 aromatic carbocycles. The Morgan fingerprint density at radius 3 is 2.28 bits per heavy atom. The van der Waals surface area contributed by atoms with Gasteiger partial charge in [-0.05, 0) is 128 Å². The maximum Gasteiger partial charge on any atom is 0.347 e. The van der Waals surface area contributed by atoms with Gasteiger partial charge >= 0.3 is 11.9 Å². The average molecular weight is 581 g/mol. The third-order valence-electron chi connectivity index (χ3n) is 9.99. The number of carbonyl (C=O) groups is 2. The molecule has 3 aromatic rings. The molecule has 5 nitrogen and oxygen atoms in total. The number of hydrogen-bond donors (Lipinski definition) is 0. The van der Waals surface area contributed by atoms with Gasteiger partial charge in [0.15, 0.2) is 6.10 Å². The van der Waals surface area contributed by atoms with Crippen molar-refractivity contribution in [2.24, 2.45) is 17.8 Å². The van der Waals surface area contributed by atoms with Gasteiger partial charge in [-0.15, -0.1) is 0 Å². The largest absolute Gasteiger partial charge is 0.478 e. The highest BCUT2D eigenvalue weighted by atomic mass is 16.6. The minimum atomic E-state index is -0.610. The van der Waals surface area contributed by atoms with Crippen LogP contribution in [0.5, 0.6) is 5.75 Å². The van der Waals surface area contributed by atoms with Crippen LogP contribution in [-0.2, 0) is 19.7 Å². The van der Waals surface area contributed by atoms with Crippen molar-refractivity contribution in [3.63, 3.8) is 0 Å². The number of fused-ring (bicyclic) bond motifs is 1. The van der Waals surface area contributed by atoms with Gasteiger partial charge in [0.05, 0.1) is 12.2 Å². The zero-order valence-electron chi connectivity index (χ0n) is 25.6. The topological polar surface area (TPSA) is 61.8 Å². The van der Waals surface area contributed by atoms with Crippen molar-refractivity contribution >= 4 is 22.7 Å². The van der Waals surface area contributed by atoms with Crippen LogP contribution < -0.4 is 4.74 Å². The van der Waals surface area contributed by atoms with E-state index in [1.54, 1.807) is 6.08 Å². The van der Waals surface area contributed by atoms with Gasteiger partial charge in [-0.3, -0.25) is 0 Å². The van der Waals surface area contributed by atoms with Crippen molar-refractivity contribution in [1.29, 1.82) is 0 Å². The molecule has 7 rings (SSSR count). The summed E-state index contributed by atoms with van der Waals surface area (Å²) in [6.07, 6.45) is 11.2. The second-order valence-electron chi connectivity index (χ2n) is 13.0. The van der Waals surface area contributed by atoms with Crippen LogP contribution in [0.2, 0.25) is 0 Å². The fraction of sp³-hybridized carbons (Fsp3) is 0.474. The fourth-order valence-electron chi connectivity index (χ4n) is 8.52. The van der Waals surface area contributed by atoms with Crippen molar-refractivity contribution in [3.8, 4) is 16.9 Å². The minimum absolute atomic E-state index is 0.0775. The van der Waals surface area contributed by atoms with E-state index in [-0.39, 0.29) is 24.0 Å². The minimum Gasteiger partial charge on any atom is -0.478 e. The van der Waals surface area contributed by atoms with Crippen LogP contribution in [0, 0.1) is 17.8 Å². The second-order valence-corrected chi connectivity index (χ2v) is 13.0. The molecule has 4 aliphatic rings. The Balaban J connectivity index is 1.44. The molecular weight excluding hydrogens is 536 g/mol. The lowest BCUT2D eigenvalue weighted by molar-refractivity contribution is -0.151. The number of esters is 2. The quantitative estimate of drug-likeness (QED) is 0.158. The normalized spacial score (nSPS) is 24.5. The zero-order chi connectivity index (χ0) is 30.0. The number of carbonyl (C=O) groups excluding carboxylic acids is 2. The highest BCUT2D eigenvalue weighted by molar-refractivity contribution is 5.99. The van der Waals surface area contributed by atoms with E-state index >= 15 is 0 Å². The van der Waals surface area contributed by atoms with E-state index in [0.29, 0.717) is 18.6 Å². The first-order valence-electron chi connectivity index (χ1n) is 16.2. The summed E-state index contributed by atoms with van der Waals surface area (Å²) in [5.41, 5.74) is 4.03. The number of ether oxygens (including phenoxy) is 3. The lowest BCUT2D eigenvalue weighted by Crippen LogP contribution is -2.48. The molecule has 4 aliphatic carbocycles. The standard InChI is InChI=1S/C38H44O5/c1-4-7-11-34(37(40)41-6-3)43-35-20-30-9-8-10-31(28-12-14-29(15-13-28)36(39)42-16-5-2)32(30)21-33(35)38-22-25-17-26(23-38)19-27(18-25)24-38/h5,8-10,12-15,20-21,25-27,34H,2,4,6-7,11,16-19,22-24H2,1,3H3. The number of unbranched alkanes of at least 4 members (excludes halogenated alkanes) is 1. The van der Waals surface area contributed by atoms with Gasteiger partial charge in [-0.1, -0.05) is 56.3 Å². The highest BCUT2D eigenvalue weighted by Gasteiger charge is 2.52. The van der Waals surface area contributed by atoms with Crippen LogP contribution in [0.3, 0.4) is 0 Å². The molecule has 43 heavy (non-hydrogen) atoms. The summed E-state index contributed by atoms with van der Waals surface area (Å²) in [4.78, 5) is 25.4. The number of hydrogen-bond acceptors (Lipinski definition) is 5. The summed E-state index contributed by atoms with van der Waals surface area (Å²) in [6.45, 7) is 8.14. The third kappa shape index (κ3) is 5.96. The maximum atomic E-state index is 13.1. The SMILES string of the molecule is C=CCOC(=O)c1ccc(-c2cccc3cc(OC(CCCC)C(=O)OCC)c(C45CC6CC(CC(C6)C4)C5)cc23)cc1. The van der Waals surface area contributed by atoms with Gasteiger partial charge in [0, 0.05) is 5.56 Å². The first-order valence-corrected chi connectivity index (χ1v) is 16.2. The number of benzene rings is 3. The van der Waals surface area contributed by atoms with Crippen LogP contribution in [0.4, 0.5) is 0 Å². The molecule has 4 fully saturated rings. The maximum absolute atomic E-state index is 13.1. The molecule has 0 heterocycles. The summed E-state index contributed by atoms with van der Waals surface area (Å²) in [7, 11) is 0. The summed E-state index contributed by atoms with van der Waals surface area (Å²) >= 11 is 0. The molecule has 0 radical (unpaired) electrons. The van der Waals surface area contributed by atoms with Gasteiger partial charge in [0.1, 0.15) is 12.4 Å². The predicted molar refractivity (Wildman–Crippen MR) is 170 cm³/mol. The van der Waals surface area contributed by atoms with Crippen LogP contribution in [0.25, 0.3) is 21.9 Å². The molecule has 0 aliphatic heterocycles. The fourth-order valence-corrected chi connectivity index (χ4v) is 8.52. The molecule has 226 valence electrons. The highest BCUT2D eigenvalue weighted by Crippen LogP contribution is 2.62. The van der Waals surface area contributed by atoms with Gasteiger partial charge in [0.25, 0.3) is 0 Å². The van der Waals surface area contributed by atoms with E-state index < -0.39 is 6.10 Å². The molecule has 0 amide bonds. The van der Waals surface area contributed by atoms with E-state index in [0.717, 1.165) is 52.9 Å². The summed E-state index contributed by atoms with van der Waals surface area (Å²) in [5.74, 6) is 2.56. The summed E-state index contributed by atoms with van der Waals surface area (Å²) in [5, 5.41) is 2.25. The average Bonchev–Trinajstić information content (AvgIpc) is 3.00. The Morgan fingerprint density at radius 2 is 1.65 bits per heavy atom. The monoisotopic (exact) mass is 580 g/mol. The Labute approximate surface area is 255 Å². The number of rotatable bonds is 12. The Kier molecular flexibility index (Phi) is 8.61. The third-order valence-corrected chi connectivity index (χ3v) is 9.99. The molecule has 0 aromatic heterocycles. The lowest BCUT2D eigenvalue weighted by Gasteiger charge is -2.57. The summed E-state index contributed by atoms with van der Waals surface area (Å²) < 4.78 is 17.4. The Bertz CT molecular complexity index is 1450. The molecule has 0 saturated heterocycles. The van der Waals surface area contributed by atoms with Crippen molar-refractivity contribution in [2.75, 3.05) is 13.2 Å². The predicted octanol–water partition coefficient (Wildman–Crippen LogP) is 8.82. The lowest BCUT2D eigenvalue weighted by atomic mass is 9.48. The molecule has 1 unspecified atom stereocenters. The van der Waals surface area contributed by atoms with Gasteiger partial charge in [-0.25, -0.2) is 9.59 Å². The molecule has 1 atom stereocenters. The molecular formula is C38H44O5. The second kappa shape index (κ2) is 12.6. The zero-order valence-corrected chi connectivity index (χ0v) is 25.6. The van der Waals surface area contributed by atoms with E-state index in [4.69, 9.17) is 14.2 Å². The first-order chi connectivity index (χ1) is 20.9. The van der Waals surface area contributed by atoms with E-state index in [1.807, 2.05) is 31.2 Å². The van der Waals surface area contributed by atoms with Crippen LogP contribution >= 0.6 is 0 Å².